The summed E-state index contributed by atoms with van der Waals surface area (Å²) < 4.78 is 10.2. The van der Waals surface area contributed by atoms with E-state index in [1.807, 2.05) is 30.3 Å². The van der Waals surface area contributed by atoms with E-state index in [1.54, 1.807) is 37.5 Å². The zero-order chi connectivity index (χ0) is 15.1. The van der Waals surface area contributed by atoms with Crippen LogP contribution in [0.4, 0.5) is 0 Å². The Kier molecular flexibility index (Phi) is 4.73. The van der Waals surface area contributed by atoms with Crippen LogP contribution in [0.2, 0.25) is 0 Å². The van der Waals surface area contributed by atoms with Gasteiger partial charge in [-0.15, -0.1) is 0 Å². The van der Waals surface area contributed by atoms with Crippen molar-refractivity contribution in [1.82, 2.24) is 0 Å². The molecule has 0 saturated carbocycles. The van der Waals surface area contributed by atoms with E-state index >= 15 is 0 Å². The highest BCUT2D eigenvalue weighted by Crippen LogP contribution is 2.14. The third-order valence-corrected chi connectivity index (χ3v) is 2.73. The molecule has 0 aliphatic heterocycles. The zero-order valence-electron chi connectivity index (χ0n) is 11.4. The molecule has 0 radical (unpaired) electrons. The Labute approximate surface area is 122 Å². The van der Waals surface area contributed by atoms with Gasteiger partial charge in [-0.2, -0.15) is 5.26 Å². The fourth-order valence-electron chi connectivity index (χ4n) is 1.63. The minimum atomic E-state index is -0.476. The second-order valence-electron chi connectivity index (χ2n) is 4.16. The van der Waals surface area contributed by atoms with E-state index in [2.05, 4.69) is 0 Å². The van der Waals surface area contributed by atoms with Gasteiger partial charge in [0.25, 0.3) is 0 Å². The van der Waals surface area contributed by atoms with E-state index in [-0.39, 0.29) is 0 Å². The van der Waals surface area contributed by atoms with Gasteiger partial charge in [-0.25, -0.2) is 4.79 Å². The van der Waals surface area contributed by atoms with Crippen LogP contribution in [0.1, 0.15) is 11.1 Å². The van der Waals surface area contributed by atoms with Crippen LogP contribution >= 0.6 is 0 Å². The number of hydrogen-bond donors (Lipinski definition) is 0. The van der Waals surface area contributed by atoms with Crippen LogP contribution in [0.5, 0.6) is 11.5 Å². The molecule has 0 spiro atoms. The van der Waals surface area contributed by atoms with Crippen LogP contribution in [-0.4, -0.2) is 13.1 Å². The number of carbonyl (C=O) groups is 1. The van der Waals surface area contributed by atoms with Gasteiger partial charge in [0.15, 0.2) is 0 Å². The van der Waals surface area contributed by atoms with E-state index in [0.717, 1.165) is 11.3 Å². The van der Waals surface area contributed by atoms with Crippen molar-refractivity contribution < 1.29 is 14.3 Å². The van der Waals surface area contributed by atoms with Crippen molar-refractivity contribution in [1.29, 1.82) is 5.26 Å². The lowest BCUT2D eigenvalue weighted by atomic mass is 10.2. The van der Waals surface area contributed by atoms with Gasteiger partial charge in [0, 0.05) is 6.08 Å². The Morgan fingerprint density at radius 1 is 1.05 bits per heavy atom. The van der Waals surface area contributed by atoms with Crippen LogP contribution < -0.4 is 9.47 Å². The van der Waals surface area contributed by atoms with Gasteiger partial charge in [0.05, 0.1) is 18.7 Å². The van der Waals surface area contributed by atoms with Gasteiger partial charge in [-0.1, -0.05) is 12.1 Å². The summed E-state index contributed by atoms with van der Waals surface area (Å²) in [5.41, 5.74) is 1.39. The predicted molar refractivity (Wildman–Crippen MR) is 78.8 cm³/mol. The predicted octanol–water partition coefficient (Wildman–Crippen LogP) is 3.19. The molecule has 0 N–H and O–H groups in total. The maximum absolute atomic E-state index is 11.7. The largest absolute Gasteiger partial charge is 0.497 e. The standard InChI is InChI=1S/C17H13NO3/c1-20-15-7-2-13(3-8-15)6-11-17(19)21-16-9-4-14(12-18)5-10-16/h2-11H,1H3. The average molecular weight is 279 g/mol. The minimum Gasteiger partial charge on any atom is -0.497 e. The first-order valence-corrected chi connectivity index (χ1v) is 6.25. The average Bonchev–Trinajstić information content (AvgIpc) is 2.54. The summed E-state index contributed by atoms with van der Waals surface area (Å²) in [5.74, 6) is 0.682. The SMILES string of the molecule is COc1ccc(C=CC(=O)Oc2ccc(C#N)cc2)cc1. The molecule has 2 aromatic carbocycles. The molecule has 0 bridgehead atoms. The first-order chi connectivity index (χ1) is 10.2. The molecule has 0 saturated heterocycles. The van der Waals surface area contributed by atoms with E-state index in [0.29, 0.717) is 11.3 Å². The van der Waals surface area contributed by atoms with Crippen LogP contribution in [0, 0.1) is 11.3 Å². The summed E-state index contributed by atoms with van der Waals surface area (Å²) in [6.07, 6.45) is 3.01. The summed E-state index contributed by atoms with van der Waals surface area (Å²) in [6.45, 7) is 0. The smallest absolute Gasteiger partial charge is 0.336 e. The molecule has 0 aliphatic rings. The fourth-order valence-corrected chi connectivity index (χ4v) is 1.63. The molecule has 4 heteroatoms. The van der Waals surface area contributed by atoms with Crippen molar-refractivity contribution >= 4 is 12.0 Å². The first kappa shape index (κ1) is 14.4. The van der Waals surface area contributed by atoms with Crippen molar-refractivity contribution in [2.45, 2.75) is 0 Å². The molecule has 0 heterocycles. The number of carbonyl (C=O) groups excluding carboxylic acids is 1. The highest BCUT2D eigenvalue weighted by Gasteiger charge is 2.00. The summed E-state index contributed by atoms with van der Waals surface area (Å²) in [5, 5.41) is 8.68. The third-order valence-electron chi connectivity index (χ3n) is 2.73. The molecule has 0 aliphatic carbocycles. The fraction of sp³-hybridized carbons (Fsp3) is 0.0588. The monoisotopic (exact) mass is 279 g/mol. The Hall–Kier alpha value is -3.06. The number of benzene rings is 2. The molecular weight excluding hydrogens is 266 g/mol. The van der Waals surface area contributed by atoms with Crippen molar-refractivity contribution in [3.63, 3.8) is 0 Å². The highest BCUT2D eigenvalue weighted by molar-refractivity contribution is 5.88. The van der Waals surface area contributed by atoms with Crippen molar-refractivity contribution in [2.24, 2.45) is 0 Å². The number of ether oxygens (including phenoxy) is 2. The van der Waals surface area contributed by atoms with Gasteiger partial charge in [-0.3, -0.25) is 0 Å². The summed E-state index contributed by atoms with van der Waals surface area (Å²) in [4.78, 5) is 11.7. The van der Waals surface area contributed by atoms with Crippen LogP contribution in [-0.2, 0) is 4.79 Å². The number of esters is 1. The zero-order valence-corrected chi connectivity index (χ0v) is 11.4. The number of nitriles is 1. The molecule has 104 valence electrons. The normalized spacial score (nSPS) is 10.1. The van der Waals surface area contributed by atoms with Gasteiger partial charge in [0.1, 0.15) is 11.5 Å². The van der Waals surface area contributed by atoms with E-state index in [4.69, 9.17) is 14.7 Å². The third kappa shape index (κ3) is 4.22. The van der Waals surface area contributed by atoms with E-state index in [1.165, 1.54) is 6.08 Å². The lowest BCUT2D eigenvalue weighted by molar-refractivity contribution is -0.128. The first-order valence-electron chi connectivity index (χ1n) is 6.25. The van der Waals surface area contributed by atoms with Gasteiger partial charge in [0.2, 0.25) is 0 Å². The summed E-state index contributed by atoms with van der Waals surface area (Å²) in [6, 6.07) is 15.6. The quantitative estimate of drug-likeness (QED) is 0.490. The Morgan fingerprint density at radius 2 is 1.67 bits per heavy atom. The number of nitrogens with zero attached hydrogens (tertiary/aromatic N) is 1. The molecule has 4 nitrogen and oxygen atoms in total. The lowest BCUT2D eigenvalue weighted by Crippen LogP contribution is -2.03. The van der Waals surface area contributed by atoms with Gasteiger partial charge in [-0.05, 0) is 48.0 Å². The summed E-state index contributed by atoms with van der Waals surface area (Å²) >= 11 is 0. The van der Waals surface area contributed by atoms with Crippen molar-refractivity contribution in [3.05, 3.63) is 65.7 Å². The van der Waals surface area contributed by atoms with Crippen molar-refractivity contribution in [3.8, 4) is 17.6 Å². The van der Waals surface area contributed by atoms with Gasteiger partial charge >= 0.3 is 5.97 Å². The molecule has 0 aromatic heterocycles. The maximum Gasteiger partial charge on any atom is 0.336 e. The maximum atomic E-state index is 11.7. The Balaban J connectivity index is 1.96. The highest BCUT2D eigenvalue weighted by atomic mass is 16.5. The lowest BCUT2D eigenvalue weighted by Gasteiger charge is -2.01. The molecule has 0 fully saturated rings. The summed E-state index contributed by atoms with van der Waals surface area (Å²) in [7, 11) is 1.60. The molecule has 21 heavy (non-hydrogen) atoms. The molecule has 0 atom stereocenters. The topological polar surface area (TPSA) is 59.3 Å². The second kappa shape index (κ2) is 6.92. The van der Waals surface area contributed by atoms with Crippen LogP contribution in [0.3, 0.4) is 0 Å². The number of methoxy groups -OCH3 is 1. The van der Waals surface area contributed by atoms with E-state index < -0.39 is 5.97 Å². The second-order valence-corrected chi connectivity index (χ2v) is 4.16. The number of hydrogen-bond acceptors (Lipinski definition) is 4. The molecule has 2 aromatic rings. The minimum absolute atomic E-state index is 0.401. The molecular formula is C17H13NO3. The molecule has 2 rings (SSSR count). The van der Waals surface area contributed by atoms with Crippen LogP contribution in [0.15, 0.2) is 54.6 Å². The van der Waals surface area contributed by atoms with E-state index in [9.17, 15) is 4.79 Å². The molecule has 0 unspecified atom stereocenters. The Morgan fingerprint density at radius 3 is 2.24 bits per heavy atom. The number of rotatable bonds is 4. The Bertz CT molecular complexity index is 679. The van der Waals surface area contributed by atoms with Crippen LogP contribution in [0.25, 0.3) is 6.08 Å². The van der Waals surface area contributed by atoms with Gasteiger partial charge < -0.3 is 9.47 Å². The molecule has 0 amide bonds. The van der Waals surface area contributed by atoms with Crippen molar-refractivity contribution in [2.75, 3.05) is 7.11 Å².